The SMILES string of the molecule is C=S(=O)(CC12CCC(CC1=O)C2(C)C)N1CCN(C(=O)c2cccc(-c3ccc(Oc4ccc(F)cc4)cc3)n2)CC1. The van der Waals surface area contributed by atoms with E-state index in [1.807, 2.05) is 28.6 Å². The maximum atomic E-state index is 13.9. The Morgan fingerprint density at radius 2 is 1.67 bits per heavy atom. The zero-order valence-electron chi connectivity index (χ0n) is 24.1. The van der Waals surface area contributed by atoms with Gasteiger partial charge in [-0.25, -0.2) is 13.7 Å². The monoisotopic (exact) mass is 589 g/mol. The van der Waals surface area contributed by atoms with E-state index in [-0.39, 0.29) is 22.9 Å². The van der Waals surface area contributed by atoms with Crippen molar-refractivity contribution in [2.45, 2.75) is 33.1 Å². The van der Waals surface area contributed by atoms with Crippen molar-refractivity contribution in [3.63, 3.8) is 0 Å². The molecule has 2 bridgehead atoms. The number of rotatable bonds is 7. The largest absolute Gasteiger partial charge is 0.457 e. The van der Waals surface area contributed by atoms with E-state index >= 15 is 0 Å². The van der Waals surface area contributed by atoms with Gasteiger partial charge in [0.1, 0.15) is 28.8 Å². The summed E-state index contributed by atoms with van der Waals surface area (Å²) in [5.41, 5.74) is 1.12. The minimum Gasteiger partial charge on any atom is -0.457 e. The summed E-state index contributed by atoms with van der Waals surface area (Å²) in [6.45, 7) is 6.02. The van der Waals surface area contributed by atoms with Crippen LogP contribution in [0.25, 0.3) is 11.3 Å². The zero-order chi connectivity index (χ0) is 29.7. The number of benzene rings is 2. The Labute approximate surface area is 246 Å². The number of Topliss-reactive ketones (excluding diaryl/α,β-unsaturated/α-hetero) is 1. The maximum Gasteiger partial charge on any atom is 0.272 e. The van der Waals surface area contributed by atoms with Crippen molar-refractivity contribution >= 4 is 27.3 Å². The molecule has 3 atom stereocenters. The summed E-state index contributed by atoms with van der Waals surface area (Å²) < 4.78 is 34.7. The molecule has 6 rings (SSSR count). The van der Waals surface area contributed by atoms with Crippen LogP contribution in [-0.4, -0.2) is 67.9 Å². The predicted octanol–water partition coefficient (Wildman–Crippen LogP) is 5.46. The van der Waals surface area contributed by atoms with Crippen LogP contribution in [0.5, 0.6) is 11.5 Å². The van der Waals surface area contributed by atoms with Crippen molar-refractivity contribution in [3.05, 3.63) is 78.2 Å². The summed E-state index contributed by atoms with van der Waals surface area (Å²) in [7, 11) is -2.66. The van der Waals surface area contributed by atoms with Crippen LogP contribution >= 0.6 is 0 Å². The smallest absolute Gasteiger partial charge is 0.272 e. The number of nitrogens with zero attached hydrogens (tertiary/aromatic N) is 3. The van der Waals surface area contributed by atoms with E-state index in [2.05, 4.69) is 24.7 Å². The molecule has 2 saturated carbocycles. The summed E-state index contributed by atoms with van der Waals surface area (Å²) in [6, 6.07) is 18.5. The Balaban J connectivity index is 1.09. The molecule has 1 amide bonds. The van der Waals surface area contributed by atoms with E-state index in [9.17, 15) is 18.2 Å². The highest BCUT2D eigenvalue weighted by atomic mass is 32.2. The predicted molar refractivity (Wildman–Crippen MR) is 162 cm³/mol. The Kier molecular flexibility index (Phi) is 7.22. The number of carbonyl (C=O) groups is 2. The molecule has 220 valence electrons. The van der Waals surface area contributed by atoms with Crippen LogP contribution in [-0.2, 0) is 14.5 Å². The molecule has 3 aromatic rings. The molecule has 1 aromatic heterocycles. The molecule has 2 heterocycles. The minimum atomic E-state index is -2.66. The van der Waals surface area contributed by atoms with Crippen LogP contribution in [0.15, 0.2) is 66.7 Å². The number of ketones is 1. The second-order valence-corrected chi connectivity index (χ2v) is 14.6. The van der Waals surface area contributed by atoms with Gasteiger partial charge in [0, 0.05) is 59.0 Å². The molecule has 42 heavy (non-hydrogen) atoms. The first kappa shape index (κ1) is 28.6. The third kappa shape index (κ3) is 5.02. The lowest BCUT2D eigenvalue weighted by Crippen LogP contribution is -2.53. The van der Waals surface area contributed by atoms with Crippen LogP contribution in [0.1, 0.15) is 43.6 Å². The van der Waals surface area contributed by atoms with Gasteiger partial charge in [-0.1, -0.05) is 19.9 Å². The van der Waals surface area contributed by atoms with Crippen LogP contribution in [0.2, 0.25) is 0 Å². The molecule has 2 aromatic carbocycles. The molecule has 3 fully saturated rings. The number of piperazine rings is 1. The summed E-state index contributed by atoms with van der Waals surface area (Å²) in [4.78, 5) is 32.8. The summed E-state index contributed by atoms with van der Waals surface area (Å²) in [6.07, 6.45) is 2.39. The molecule has 0 N–H and O–H groups in total. The lowest BCUT2D eigenvalue weighted by molar-refractivity contribution is -0.128. The van der Waals surface area contributed by atoms with Crippen LogP contribution in [0.3, 0.4) is 0 Å². The van der Waals surface area contributed by atoms with E-state index in [1.54, 1.807) is 35.2 Å². The Bertz CT molecular complexity index is 1610. The van der Waals surface area contributed by atoms with Crippen molar-refractivity contribution in [3.8, 4) is 22.8 Å². The van der Waals surface area contributed by atoms with Gasteiger partial charge in [-0.05, 0) is 90.7 Å². The van der Waals surface area contributed by atoms with Crippen molar-refractivity contribution in [2.24, 2.45) is 16.7 Å². The Hall–Kier alpha value is -3.56. The molecule has 3 unspecified atom stereocenters. The highest BCUT2D eigenvalue weighted by Gasteiger charge is 2.64. The van der Waals surface area contributed by atoms with Crippen LogP contribution < -0.4 is 4.74 Å². The van der Waals surface area contributed by atoms with Gasteiger partial charge in [-0.2, -0.15) is 0 Å². The molecule has 7 nitrogen and oxygen atoms in total. The number of amides is 1. The number of ether oxygens (including phenoxy) is 1. The third-order valence-corrected chi connectivity index (χ3v) is 12.0. The zero-order valence-corrected chi connectivity index (χ0v) is 24.9. The number of pyridine rings is 1. The standard InChI is InChI=1S/C33H36FN3O4S/c1-32(2)24-15-16-33(32,30(38)21-24)22-42(3,40)37-19-17-36(18-20-37)31(39)29-6-4-5-28(35-29)23-7-11-26(12-8-23)41-27-13-9-25(34)10-14-27/h4-14,24H,3,15-22H2,1-2H3. The van der Waals surface area contributed by atoms with Gasteiger partial charge >= 0.3 is 0 Å². The summed E-state index contributed by atoms with van der Waals surface area (Å²) in [5, 5.41) is 0. The van der Waals surface area contributed by atoms with Crippen molar-refractivity contribution in [1.82, 2.24) is 14.2 Å². The van der Waals surface area contributed by atoms with E-state index < -0.39 is 15.1 Å². The second kappa shape index (κ2) is 10.6. The highest BCUT2D eigenvalue weighted by Crippen LogP contribution is 2.64. The molecule has 1 saturated heterocycles. The molecule has 0 radical (unpaired) electrons. The molecule has 2 aliphatic carbocycles. The molecule has 1 aliphatic heterocycles. The molecular formula is C33H36FN3O4S. The van der Waals surface area contributed by atoms with Gasteiger partial charge in [0.15, 0.2) is 0 Å². The van der Waals surface area contributed by atoms with Gasteiger partial charge in [0.05, 0.1) is 5.69 Å². The van der Waals surface area contributed by atoms with E-state index in [0.717, 1.165) is 18.4 Å². The van der Waals surface area contributed by atoms with Gasteiger partial charge in [-0.15, -0.1) is 0 Å². The average Bonchev–Trinajstić information content (AvgIpc) is 3.33. The minimum absolute atomic E-state index is 0.158. The van der Waals surface area contributed by atoms with E-state index in [4.69, 9.17) is 4.74 Å². The number of hydrogen-bond acceptors (Lipinski definition) is 5. The van der Waals surface area contributed by atoms with Crippen molar-refractivity contribution in [1.29, 1.82) is 0 Å². The second-order valence-electron chi connectivity index (χ2n) is 12.3. The fraction of sp³-hybridized carbons (Fsp3) is 0.394. The Morgan fingerprint density at radius 3 is 2.26 bits per heavy atom. The first-order chi connectivity index (χ1) is 20.0. The molecule has 9 heteroatoms. The van der Waals surface area contributed by atoms with Crippen LogP contribution in [0.4, 0.5) is 4.39 Å². The van der Waals surface area contributed by atoms with Crippen LogP contribution in [0, 0.1) is 22.6 Å². The number of carbonyl (C=O) groups excluding carboxylic acids is 2. The highest BCUT2D eigenvalue weighted by molar-refractivity contribution is 7.98. The lowest BCUT2D eigenvalue weighted by atomic mass is 9.70. The van der Waals surface area contributed by atoms with Gasteiger partial charge in [-0.3, -0.25) is 13.8 Å². The number of aromatic nitrogens is 1. The average molecular weight is 590 g/mol. The summed E-state index contributed by atoms with van der Waals surface area (Å²) in [5.74, 6) is 5.69. The van der Waals surface area contributed by atoms with E-state index in [1.165, 1.54) is 12.1 Å². The Morgan fingerprint density at radius 1 is 1.02 bits per heavy atom. The number of hydrogen-bond donors (Lipinski definition) is 0. The van der Waals surface area contributed by atoms with Crippen molar-refractivity contribution in [2.75, 3.05) is 31.9 Å². The van der Waals surface area contributed by atoms with Gasteiger partial charge in [0.25, 0.3) is 5.91 Å². The van der Waals surface area contributed by atoms with Crippen molar-refractivity contribution < 1.29 is 22.9 Å². The summed E-state index contributed by atoms with van der Waals surface area (Å²) >= 11 is 0. The molecule has 0 spiro atoms. The fourth-order valence-corrected chi connectivity index (χ4v) is 9.48. The molecular weight excluding hydrogens is 553 g/mol. The van der Waals surface area contributed by atoms with Gasteiger partial charge in [0.2, 0.25) is 0 Å². The first-order valence-electron chi connectivity index (χ1n) is 14.4. The third-order valence-electron chi connectivity index (χ3n) is 9.78. The maximum absolute atomic E-state index is 13.9. The normalized spacial score (nSPS) is 24.9. The number of halogens is 1. The fourth-order valence-electron chi connectivity index (χ4n) is 7.02. The first-order valence-corrected chi connectivity index (χ1v) is 16.3. The van der Waals surface area contributed by atoms with Gasteiger partial charge < -0.3 is 9.64 Å². The lowest BCUT2D eigenvalue weighted by Gasteiger charge is -2.42. The quantitative estimate of drug-likeness (QED) is 0.342. The number of fused-ring (bicyclic) bond motifs is 2. The van der Waals surface area contributed by atoms with E-state index in [0.29, 0.717) is 67.2 Å². The topological polar surface area (TPSA) is 79.8 Å². The molecule has 3 aliphatic rings.